The Hall–Kier alpha value is -2.97. The van der Waals surface area contributed by atoms with E-state index in [1.54, 1.807) is 24.3 Å². The van der Waals surface area contributed by atoms with E-state index in [0.29, 0.717) is 5.69 Å². The van der Waals surface area contributed by atoms with E-state index in [1.165, 1.54) is 0 Å². The predicted molar refractivity (Wildman–Crippen MR) is 72.2 cm³/mol. The van der Waals surface area contributed by atoms with E-state index in [-0.39, 0.29) is 17.0 Å². The average Bonchev–Trinajstić information content (AvgIpc) is 2.50. The zero-order valence-electron chi connectivity index (χ0n) is 10.8. The van der Waals surface area contributed by atoms with Crippen molar-refractivity contribution in [3.63, 3.8) is 0 Å². The Kier molecular flexibility index (Phi) is 3.89. The second-order valence-corrected chi connectivity index (χ2v) is 4.51. The molecule has 2 rings (SSSR count). The molecule has 0 heterocycles. The summed E-state index contributed by atoms with van der Waals surface area (Å²) in [6.07, 6.45) is 3.64. The normalized spacial score (nSPS) is 12.2. The minimum absolute atomic E-state index is 0.0616. The summed E-state index contributed by atoms with van der Waals surface area (Å²) in [7, 11) is 0. The predicted octanol–water partition coefficient (Wildman–Crippen LogP) is 2.51. The first-order chi connectivity index (χ1) is 9.71. The van der Waals surface area contributed by atoms with Crippen molar-refractivity contribution >= 4 is 5.69 Å². The van der Waals surface area contributed by atoms with Crippen molar-refractivity contribution in [1.29, 1.82) is 15.8 Å². The van der Waals surface area contributed by atoms with Gasteiger partial charge in [-0.05, 0) is 48.9 Å². The Morgan fingerprint density at radius 2 is 1.65 bits per heavy atom. The van der Waals surface area contributed by atoms with Crippen LogP contribution in [0, 0.1) is 34.0 Å². The van der Waals surface area contributed by atoms with Crippen molar-refractivity contribution in [3.05, 3.63) is 34.5 Å². The van der Waals surface area contributed by atoms with Gasteiger partial charge < -0.3 is 10.4 Å². The number of phenols is 1. The molecular formula is C15H12N4O. The number of nitrogens with one attached hydrogen (secondary N) is 1. The van der Waals surface area contributed by atoms with Gasteiger partial charge in [-0.15, -0.1) is 0 Å². The highest BCUT2D eigenvalue weighted by Crippen LogP contribution is 2.34. The van der Waals surface area contributed by atoms with Gasteiger partial charge in [0.05, 0.1) is 0 Å². The molecular weight excluding hydrogens is 252 g/mol. The lowest BCUT2D eigenvalue weighted by Gasteiger charge is -2.21. The molecule has 0 amide bonds. The van der Waals surface area contributed by atoms with Crippen LogP contribution in [0.25, 0.3) is 0 Å². The van der Waals surface area contributed by atoms with Gasteiger partial charge in [0.2, 0.25) is 0 Å². The highest BCUT2D eigenvalue weighted by atomic mass is 16.3. The Morgan fingerprint density at radius 1 is 1.00 bits per heavy atom. The SMILES string of the molecule is N#CC(C#N)=C(C#N)Nc1ccc(O)c2c1CCCC2. The minimum Gasteiger partial charge on any atom is -0.508 e. The molecule has 0 atom stereocenters. The number of fused-ring (bicyclic) bond motifs is 1. The first-order valence-corrected chi connectivity index (χ1v) is 6.26. The maximum absolute atomic E-state index is 9.86. The topological polar surface area (TPSA) is 104 Å². The van der Waals surface area contributed by atoms with Crippen LogP contribution in [0.4, 0.5) is 5.69 Å². The molecule has 0 bridgehead atoms. The van der Waals surface area contributed by atoms with E-state index in [2.05, 4.69) is 5.32 Å². The summed E-state index contributed by atoms with van der Waals surface area (Å²) in [4.78, 5) is 0. The fourth-order valence-corrected chi connectivity index (χ4v) is 2.38. The first-order valence-electron chi connectivity index (χ1n) is 6.26. The van der Waals surface area contributed by atoms with Gasteiger partial charge in [0.25, 0.3) is 0 Å². The third kappa shape index (κ3) is 2.41. The van der Waals surface area contributed by atoms with Gasteiger partial charge >= 0.3 is 0 Å². The van der Waals surface area contributed by atoms with Gasteiger partial charge in [-0.2, -0.15) is 15.8 Å². The molecule has 1 aliphatic carbocycles. The van der Waals surface area contributed by atoms with Crippen molar-refractivity contribution < 1.29 is 5.11 Å². The number of nitrogens with zero attached hydrogens (tertiary/aromatic N) is 3. The quantitative estimate of drug-likeness (QED) is 0.631. The van der Waals surface area contributed by atoms with Crippen LogP contribution >= 0.6 is 0 Å². The van der Waals surface area contributed by atoms with Crippen LogP contribution in [0.15, 0.2) is 23.4 Å². The number of anilines is 1. The Labute approximate surface area is 117 Å². The number of phenolic OH excluding ortho intramolecular Hbond substituents is 1. The molecule has 0 radical (unpaired) electrons. The smallest absolute Gasteiger partial charge is 0.163 e. The maximum atomic E-state index is 9.86. The van der Waals surface area contributed by atoms with E-state index in [1.807, 2.05) is 6.07 Å². The van der Waals surface area contributed by atoms with Crippen molar-refractivity contribution in [2.24, 2.45) is 0 Å². The van der Waals surface area contributed by atoms with Crippen LogP contribution in [0.5, 0.6) is 5.75 Å². The lowest BCUT2D eigenvalue weighted by Crippen LogP contribution is -2.09. The van der Waals surface area contributed by atoms with E-state index < -0.39 is 0 Å². The molecule has 0 spiro atoms. The lowest BCUT2D eigenvalue weighted by molar-refractivity contribution is 0.462. The van der Waals surface area contributed by atoms with E-state index >= 15 is 0 Å². The third-order valence-electron chi connectivity index (χ3n) is 3.36. The monoisotopic (exact) mass is 264 g/mol. The second-order valence-electron chi connectivity index (χ2n) is 4.51. The average molecular weight is 264 g/mol. The Balaban J connectivity index is 2.46. The van der Waals surface area contributed by atoms with Crippen LogP contribution in [-0.2, 0) is 12.8 Å². The number of hydrogen-bond acceptors (Lipinski definition) is 5. The van der Waals surface area contributed by atoms with E-state index in [4.69, 9.17) is 15.8 Å². The number of allylic oxidation sites excluding steroid dienone is 2. The number of nitriles is 3. The molecule has 0 fully saturated rings. The third-order valence-corrected chi connectivity index (χ3v) is 3.36. The molecule has 0 saturated heterocycles. The molecule has 0 saturated carbocycles. The van der Waals surface area contributed by atoms with Crippen molar-refractivity contribution in [3.8, 4) is 24.0 Å². The van der Waals surface area contributed by atoms with Crippen LogP contribution in [0.1, 0.15) is 24.0 Å². The number of rotatable bonds is 2. The van der Waals surface area contributed by atoms with Crippen LogP contribution in [0.2, 0.25) is 0 Å². The highest BCUT2D eigenvalue weighted by molar-refractivity contribution is 5.65. The van der Waals surface area contributed by atoms with E-state index in [9.17, 15) is 5.11 Å². The molecule has 1 aromatic carbocycles. The summed E-state index contributed by atoms with van der Waals surface area (Å²) < 4.78 is 0. The fourth-order valence-electron chi connectivity index (χ4n) is 2.38. The van der Waals surface area contributed by atoms with Gasteiger partial charge in [0.1, 0.15) is 29.7 Å². The lowest BCUT2D eigenvalue weighted by atomic mass is 9.89. The van der Waals surface area contributed by atoms with Crippen molar-refractivity contribution in [2.45, 2.75) is 25.7 Å². The summed E-state index contributed by atoms with van der Waals surface area (Å²) >= 11 is 0. The summed E-state index contributed by atoms with van der Waals surface area (Å²) in [6, 6.07) is 8.47. The van der Waals surface area contributed by atoms with Gasteiger partial charge in [-0.1, -0.05) is 0 Å². The summed E-state index contributed by atoms with van der Waals surface area (Å²) in [5.74, 6) is 0.258. The molecule has 2 N–H and O–H groups in total. The standard InChI is InChI=1S/C15H12N4O/c16-7-10(8-17)14(9-18)19-13-5-6-15(20)12-4-2-1-3-11(12)13/h5-6,19-20H,1-4H2. The maximum Gasteiger partial charge on any atom is 0.163 e. The number of benzene rings is 1. The molecule has 20 heavy (non-hydrogen) atoms. The van der Waals surface area contributed by atoms with Gasteiger partial charge in [-0.3, -0.25) is 0 Å². The summed E-state index contributed by atoms with van der Waals surface area (Å²) in [6.45, 7) is 0. The zero-order chi connectivity index (χ0) is 14.5. The molecule has 98 valence electrons. The number of hydrogen-bond donors (Lipinski definition) is 2. The fraction of sp³-hybridized carbons (Fsp3) is 0.267. The van der Waals surface area contributed by atoms with Gasteiger partial charge in [0.15, 0.2) is 5.57 Å². The van der Waals surface area contributed by atoms with E-state index in [0.717, 1.165) is 36.8 Å². The Bertz CT molecular complexity index is 682. The Morgan fingerprint density at radius 3 is 2.25 bits per heavy atom. The second kappa shape index (κ2) is 5.78. The summed E-state index contributed by atoms with van der Waals surface area (Å²) in [5.41, 5.74) is 2.21. The van der Waals surface area contributed by atoms with Crippen LogP contribution in [-0.4, -0.2) is 5.11 Å². The number of aromatic hydroxyl groups is 1. The molecule has 0 aliphatic heterocycles. The molecule has 1 aliphatic rings. The first kappa shape index (κ1) is 13.5. The molecule has 0 aromatic heterocycles. The highest BCUT2D eigenvalue weighted by Gasteiger charge is 2.18. The molecule has 1 aromatic rings. The van der Waals surface area contributed by atoms with Crippen molar-refractivity contribution in [2.75, 3.05) is 5.32 Å². The van der Waals surface area contributed by atoms with Crippen LogP contribution in [0.3, 0.4) is 0 Å². The summed E-state index contributed by atoms with van der Waals surface area (Å²) in [5, 5.41) is 39.4. The van der Waals surface area contributed by atoms with Gasteiger partial charge in [0, 0.05) is 5.69 Å². The largest absolute Gasteiger partial charge is 0.508 e. The van der Waals surface area contributed by atoms with Gasteiger partial charge in [-0.25, -0.2) is 0 Å². The van der Waals surface area contributed by atoms with Crippen molar-refractivity contribution in [1.82, 2.24) is 0 Å². The zero-order valence-corrected chi connectivity index (χ0v) is 10.8. The van der Waals surface area contributed by atoms with Crippen LogP contribution < -0.4 is 5.32 Å². The molecule has 0 unspecified atom stereocenters. The molecule has 5 nitrogen and oxygen atoms in total. The molecule has 5 heteroatoms. The minimum atomic E-state index is -0.245.